The lowest BCUT2D eigenvalue weighted by Gasteiger charge is -2.25. The molecule has 1 amide bonds. The third-order valence-electron chi connectivity index (χ3n) is 13.9. The molecule has 8 nitrogen and oxygen atoms in total. The minimum Gasteiger partial charge on any atom is -0.387 e. The summed E-state index contributed by atoms with van der Waals surface area (Å²) < 4.78 is 23.7. The molecule has 0 bridgehead atoms. The molecule has 69 heavy (non-hydrogen) atoms. The normalized spacial score (nSPS) is 14.0. The molecule has 410 valence electrons. The largest absolute Gasteiger partial charge is 0.472 e. The average Bonchev–Trinajstić information content (AvgIpc) is 3.31. The van der Waals surface area contributed by atoms with Crippen LogP contribution in [-0.2, 0) is 18.4 Å². The number of aliphatic hydroxyl groups is 1. The van der Waals surface area contributed by atoms with E-state index in [1.807, 2.05) is 27.2 Å². The van der Waals surface area contributed by atoms with Gasteiger partial charge in [-0.3, -0.25) is 13.8 Å². The molecular formula is C60H120N2O6P+. The summed E-state index contributed by atoms with van der Waals surface area (Å²) in [5.41, 5.74) is 0. The van der Waals surface area contributed by atoms with E-state index in [1.54, 1.807) is 6.08 Å². The number of nitrogens with one attached hydrogen (secondary N) is 1. The van der Waals surface area contributed by atoms with Crippen LogP contribution in [0.15, 0.2) is 24.3 Å². The molecular weight excluding hydrogens is 876 g/mol. The summed E-state index contributed by atoms with van der Waals surface area (Å²) in [5.74, 6) is -0.172. The number of hydrogen-bond acceptors (Lipinski definition) is 5. The number of amides is 1. The van der Waals surface area contributed by atoms with E-state index < -0.39 is 20.0 Å². The maximum absolute atomic E-state index is 13.0. The van der Waals surface area contributed by atoms with Crippen LogP contribution < -0.4 is 5.32 Å². The minimum atomic E-state index is -4.34. The van der Waals surface area contributed by atoms with Crippen molar-refractivity contribution in [3.05, 3.63) is 24.3 Å². The SMILES string of the molecule is CCCCCCCCCCCCCC/C=C\CCCCCCCCCCCCCCCCCC(=O)NC(COP(=O)(O)OCC[N+](C)(C)C)C(O)/C=C/CCCCCCCCCCCCCCCC. The standard InChI is InChI=1S/C60H119N2O6P/c1-6-8-10-12-14-16-18-20-22-24-25-26-27-28-29-30-31-32-33-34-35-36-37-38-40-42-44-46-48-50-52-54-60(64)61-58(57-68-69(65,66)67-56-55-62(3,4)5)59(63)53-51-49-47-45-43-41-39-23-21-19-17-15-13-11-9-7-2/h28-29,51,53,58-59,63H,6-27,30-50,52,54-57H2,1-5H3,(H-,61,64,65,66)/p+1/b29-28-,53-51+. The van der Waals surface area contributed by atoms with Crippen LogP contribution in [0.2, 0.25) is 0 Å². The molecule has 0 spiro atoms. The number of quaternary nitrogens is 1. The van der Waals surface area contributed by atoms with Crippen LogP contribution in [0.4, 0.5) is 0 Å². The molecule has 0 saturated heterocycles. The van der Waals surface area contributed by atoms with Crippen molar-refractivity contribution in [1.29, 1.82) is 0 Å². The molecule has 3 atom stereocenters. The zero-order valence-electron chi connectivity index (χ0n) is 46.8. The third kappa shape index (κ3) is 54.6. The average molecular weight is 997 g/mol. The number of carbonyl (C=O) groups is 1. The van der Waals surface area contributed by atoms with Gasteiger partial charge in [0.05, 0.1) is 39.9 Å². The second kappa shape index (κ2) is 51.9. The molecule has 0 aliphatic rings. The van der Waals surface area contributed by atoms with Crippen LogP contribution >= 0.6 is 7.82 Å². The number of hydrogen-bond donors (Lipinski definition) is 3. The molecule has 0 aromatic heterocycles. The molecule has 9 heteroatoms. The van der Waals surface area contributed by atoms with Crippen molar-refractivity contribution in [2.45, 2.75) is 315 Å². The Morgan fingerprint density at radius 3 is 1.12 bits per heavy atom. The number of phosphoric acid groups is 1. The van der Waals surface area contributed by atoms with Gasteiger partial charge in [0.25, 0.3) is 0 Å². The minimum absolute atomic E-state index is 0.0637. The first kappa shape index (κ1) is 68.0. The predicted molar refractivity (Wildman–Crippen MR) is 300 cm³/mol. The second-order valence-electron chi connectivity index (χ2n) is 22.1. The van der Waals surface area contributed by atoms with Crippen molar-refractivity contribution in [1.82, 2.24) is 5.32 Å². The monoisotopic (exact) mass is 996 g/mol. The van der Waals surface area contributed by atoms with Gasteiger partial charge in [0.1, 0.15) is 13.2 Å². The summed E-state index contributed by atoms with van der Waals surface area (Å²) in [6.45, 7) is 4.86. The van der Waals surface area contributed by atoms with Crippen molar-refractivity contribution < 1.29 is 32.9 Å². The van der Waals surface area contributed by atoms with E-state index in [0.29, 0.717) is 17.4 Å². The van der Waals surface area contributed by atoms with E-state index >= 15 is 0 Å². The predicted octanol–water partition coefficient (Wildman–Crippen LogP) is 18.4. The van der Waals surface area contributed by atoms with E-state index in [4.69, 9.17) is 9.05 Å². The number of unbranched alkanes of at least 4 members (excludes halogenated alkanes) is 41. The van der Waals surface area contributed by atoms with Crippen molar-refractivity contribution in [2.24, 2.45) is 0 Å². The Morgan fingerprint density at radius 1 is 0.478 bits per heavy atom. The molecule has 0 heterocycles. The van der Waals surface area contributed by atoms with Gasteiger partial charge in [-0.15, -0.1) is 0 Å². The Balaban J connectivity index is 4.05. The van der Waals surface area contributed by atoms with Crippen molar-refractivity contribution in [3.8, 4) is 0 Å². The lowest BCUT2D eigenvalue weighted by molar-refractivity contribution is -0.870. The highest BCUT2D eigenvalue weighted by atomic mass is 31.2. The van der Waals surface area contributed by atoms with Crippen molar-refractivity contribution in [3.63, 3.8) is 0 Å². The van der Waals surface area contributed by atoms with Gasteiger partial charge < -0.3 is 19.8 Å². The molecule has 0 aliphatic heterocycles. The van der Waals surface area contributed by atoms with Crippen LogP contribution in [0.1, 0.15) is 303 Å². The van der Waals surface area contributed by atoms with E-state index in [0.717, 1.165) is 38.5 Å². The Hall–Kier alpha value is -1.02. The van der Waals surface area contributed by atoms with Gasteiger partial charge in [0, 0.05) is 6.42 Å². The molecule has 0 aromatic rings. The number of allylic oxidation sites excluding steroid dienone is 3. The molecule has 0 fully saturated rings. The number of rotatable bonds is 56. The summed E-state index contributed by atoms with van der Waals surface area (Å²) in [7, 11) is 1.59. The number of likely N-dealkylation sites (N-methyl/N-ethyl adjacent to an activating group) is 1. The fourth-order valence-corrected chi connectivity index (χ4v) is 9.89. The number of nitrogens with zero attached hydrogens (tertiary/aromatic N) is 1. The highest BCUT2D eigenvalue weighted by Crippen LogP contribution is 2.43. The maximum atomic E-state index is 13.0. The Bertz CT molecular complexity index is 1170. The van der Waals surface area contributed by atoms with Gasteiger partial charge >= 0.3 is 7.82 Å². The van der Waals surface area contributed by atoms with E-state index in [9.17, 15) is 19.4 Å². The molecule has 0 saturated carbocycles. The van der Waals surface area contributed by atoms with Crippen molar-refractivity contribution in [2.75, 3.05) is 40.9 Å². The zero-order valence-corrected chi connectivity index (χ0v) is 47.7. The molecule has 0 rings (SSSR count). The van der Waals surface area contributed by atoms with Crippen LogP contribution in [-0.4, -0.2) is 73.4 Å². The lowest BCUT2D eigenvalue weighted by atomic mass is 10.0. The molecule has 3 unspecified atom stereocenters. The summed E-state index contributed by atoms with van der Waals surface area (Å²) in [5, 5.41) is 13.9. The summed E-state index contributed by atoms with van der Waals surface area (Å²) >= 11 is 0. The van der Waals surface area contributed by atoms with Gasteiger partial charge in [0.15, 0.2) is 0 Å². The van der Waals surface area contributed by atoms with Gasteiger partial charge in [0.2, 0.25) is 5.91 Å². The molecule has 0 aromatic carbocycles. The number of phosphoric ester groups is 1. The van der Waals surface area contributed by atoms with E-state index in [2.05, 4.69) is 31.3 Å². The Kier molecular flexibility index (Phi) is 51.1. The second-order valence-corrected chi connectivity index (χ2v) is 23.5. The fourth-order valence-electron chi connectivity index (χ4n) is 9.16. The highest BCUT2D eigenvalue weighted by molar-refractivity contribution is 7.47. The fraction of sp³-hybridized carbons (Fsp3) is 0.917. The number of carbonyl (C=O) groups excluding carboxylic acids is 1. The lowest BCUT2D eigenvalue weighted by Crippen LogP contribution is -2.45. The van der Waals surface area contributed by atoms with Gasteiger partial charge in [-0.05, 0) is 44.9 Å². The van der Waals surface area contributed by atoms with E-state index in [1.165, 1.54) is 244 Å². The maximum Gasteiger partial charge on any atom is 0.472 e. The van der Waals surface area contributed by atoms with E-state index in [-0.39, 0.29) is 19.1 Å². The van der Waals surface area contributed by atoms with Crippen molar-refractivity contribution >= 4 is 13.7 Å². The van der Waals surface area contributed by atoms with Gasteiger partial charge in [-0.2, -0.15) is 0 Å². The molecule has 3 N–H and O–H groups in total. The summed E-state index contributed by atoms with van der Waals surface area (Å²) in [4.78, 5) is 23.3. The zero-order chi connectivity index (χ0) is 50.6. The smallest absolute Gasteiger partial charge is 0.387 e. The number of aliphatic hydroxyl groups excluding tert-OH is 1. The molecule has 0 radical (unpaired) electrons. The first-order valence-electron chi connectivity index (χ1n) is 30.2. The van der Waals surface area contributed by atoms with Crippen LogP contribution in [0.25, 0.3) is 0 Å². The molecule has 0 aliphatic carbocycles. The van der Waals surface area contributed by atoms with Crippen LogP contribution in [0.3, 0.4) is 0 Å². The first-order valence-corrected chi connectivity index (χ1v) is 31.7. The van der Waals surface area contributed by atoms with Gasteiger partial charge in [-0.1, -0.05) is 276 Å². The quantitative estimate of drug-likeness (QED) is 0.0243. The third-order valence-corrected chi connectivity index (χ3v) is 14.9. The summed E-state index contributed by atoms with van der Waals surface area (Å²) in [6.07, 6.45) is 65.8. The van der Waals surface area contributed by atoms with Crippen LogP contribution in [0, 0.1) is 0 Å². The Labute approximate surface area is 430 Å². The topological polar surface area (TPSA) is 105 Å². The van der Waals surface area contributed by atoms with Crippen LogP contribution in [0.5, 0.6) is 0 Å². The Morgan fingerprint density at radius 2 is 0.783 bits per heavy atom. The van der Waals surface area contributed by atoms with Gasteiger partial charge in [-0.25, -0.2) is 4.57 Å². The highest BCUT2D eigenvalue weighted by Gasteiger charge is 2.27. The first-order chi connectivity index (χ1) is 33.5. The summed E-state index contributed by atoms with van der Waals surface area (Å²) in [6, 6.07) is -0.844.